The number of carboxylic acid groups (broad SMARTS) is 1. The fourth-order valence-corrected chi connectivity index (χ4v) is 0.706. The zero-order valence-electron chi connectivity index (χ0n) is 6.66. The summed E-state index contributed by atoms with van der Waals surface area (Å²) in [7, 11) is 0. The first-order chi connectivity index (χ1) is 5.57. The van der Waals surface area contributed by atoms with Crippen LogP contribution in [0.3, 0.4) is 0 Å². The summed E-state index contributed by atoms with van der Waals surface area (Å²) in [6, 6.07) is -0.982. The SMILES string of the molecule is CC(=O)NC(CC[C]=O)C(=O)O. The van der Waals surface area contributed by atoms with Crippen molar-refractivity contribution in [1.82, 2.24) is 5.32 Å². The van der Waals surface area contributed by atoms with Gasteiger partial charge >= 0.3 is 5.97 Å². The van der Waals surface area contributed by atoms with Crippen LogP contribution in [0, 0.1) is 0 Å². The molecule has 0 bridgehead atoms. The summed E-state index contributed by atoms with van der Waals surface area (Å²) < 4.78 is 0. The standard InChI is InChI=1S/C7H10NO4/c1-5(10)8-6(7(11)12)3-2-4-9/h6H,2-3H2,1H3,(H,8,10)(H,11,12). The van der Waals surface area contributed by atoms with Gasteiger partial charge in [-0.2, -0.15) is 0 Å². The van der Waals surface area contributed by atoms with Gasteiger partial charge in [0, 0.05) is 13.3 Å². The van der Waals surface area contributed by atoms with Crippen LogP contribution < -0.4 is 5.32 Å². The molecular weight excluding hydrogens is 162 g/mol. The predicted octanol–water partition coefficient (Wildman–Crippen LogP) is -0.534. The number of rotatable bonds is 5. The van der Waals surface area contributed by atoms with Gasteiger partial charge in [0.1, 0.15) is 6.04 Å². The van der Waals surface area contributed by atoms with E-state index >= 15 is 0 Å². The van der Waals surface area contributed by atoms with Gasteiger partial charge in [0.25, 0.3) is 0 Å². The monoisotopic (exact) mass is 172 g/mol. The Balaban J connectivity index is 3.94. The van der Waals surface area contributed by atoms with Crippen LogP contribution in [-0.4, -0.2) is 29.3 Å². The number of hydrogen-bond acceptors (Lipinski definition) is 3. The Hall–Kier alpha value is -1.39. The van der Waals surface area contributed by atoms with Crippen LogP contribution in [0.1, 0.15) is 19.8 Å². The molecule has 1 amide bonds. The molecule has 1 atom stereocenters. The molecule has 0 aromatic rings. The van der Waals surface area contributed by atoms with E-state index in [1.165, 1.54) is 6.92 Å². The molecule has 67 valence electrons. The molecule has 0 spiro atoms. The van der Waals surface area contributed by atoms with Gasteiger partial charge in [-0.1, -0.05) is 0 Å². The van der Waals surface area contributed by atoms with Crippen molar-refractivity contribution >= 4 is 18.2 Å². The number of hydrogen-bond donors (Lipinski definition) is 2. The zero-order chi connectivity index (χ0) is 9.56. The van der Waals surface area contributed by atoms with Crippen LogP contribution in [0.5, 0.6) is 0 Å². The fourth-order valence-electron chi connectivity index (χ4n) is 0.706. The highest BCUT2D eigenvalue weighted by Gasteiger charge is 2.17. The van der Waals surface area contributed by atoms with Crippen LogP contribution in [-0.2, 0) is 14.4 Å². The second-order valence-electron chi connectivity index (χ2n) is 2.27. The Labute approximate surface area is 69.8 Å². The molecule has 0 fully saturated rings. The molecule has 1 radical (unpaired) electrons. The van der Waals surface area contributed by atoms with Crippen LogP contribution in [0.15, 0.2) is 0 Å². The number of nitrogens with one attached hydrogen (secondary N) is 1. The van der Waals surface area contributed by atoms with Crippen molar-refractivity contribution in [2.75, 3.05) is 0 Å². The molecule has 0 saturated heterocycles. The molecule has 0 saturated carbocycles. The lowest BCUT2D eigenvalue weighted by Gasteiger charge is -2.10. The minimum Gasteiger partial charge on any atom is -0.480 e. The highest BCUT2D eigenvalue weighted by atomic mass is 16.4. The molecule has 0 heterocycles. The average molecular weight is 172 g/mol. The molecule has 5 heteroatoms. The Morgan fingerprint density at radius 2 is 2.17 bits per heavy atom. The van der Waals surface area contributed by atoms with E-state index in [-0.39, 0.29) is 12.8 Å². The lowest BCUT2D eigenvalue weighted by molar-refractivity contribution is -0.141. The van der Waals surface area contributed by atoms with Gasteiger partial charge in [-0.3, -0.25) is 9.59 Å². The van der Waals surface area contributed by atoms with E-state index in [0.29, 0.717) is 0 Å². The van der Waals surface area contributed by atoms with Crippen molar-refractivity contribution in [3.05, 3.63) is 0 Å². The third-order valence-electron chi connectivity index (χ3n) is 1.21. The molecule has 12 heavy (non-hydrogen) atoms. The molecule has 0 aliphatic carbocycles. The minimum absolute atomic E-state index is 0.0112. The van der Waals surface area contributed by atoms with E-state index in [2.05, 4.69) is 5.32 Å². The van der Waals surface area contributed by atoms with E-state index in [1.807, 2.05) is 0 Å². The third kappa shape index (κ3) is 4.43. The predicted molar refractivity (Wildman–Crippen MR) is 40.2 cm³/mol. The number of amides is 1. The van der Waals surface area contributed by atoms with Crippen LogP contribution in [0.25, 0.3) is 0 Å². The van der Waals surface area contributed by atoms with Crippen LogP contribution in [0.4, 0.5) is 0 Å². The fraction of sp³-hybridized carbons (Fsp3) is 0.571. The van der Waals surface area contributed by atoms with Crippen molar-refractivity contribution in [3.63, 3.8) is 0 Å². The van der Waals surface area contributed by atoms with Gasteiger partial charge in [0.2, 0.25) is 5.91 Å². The van der Waals surface area contributed by atoms with Gasteiger partial charge in [0.15, 0.2) is 6.29 Å². The number of carbonyl (C=O) groups excluding carboxylic acids is 2. The van der Waals surface area contributed by atoms with Crippen molar-refractivity contribution in [1.29, 1.82) is 0 Å². The highest BCUT2D eigenvalue weighted by molar-refractivity contribution is 5.82. The van der Waals surface area contributed by atoms with E-state index in [9.17, 15) is 14.4 Å². The van der Waals surface area contributed by atoms with Gasteiger partial charge in [-0.15, -0.1) is 0 Å². The molecule has 0 aromatic carbocycles. The molecule has 0 aliphatic rings. The summed E-state index contributed by atoms with van der Waals surface area (Å²) in [4.78, 5) is 30.6. The largest absolute Gasteiger partial charge is 0.480 e. The first kappa shape index (κ1) is 10.6. The maximum atomic E-state index is 10.4. The third-order valence-corrected chi connectivity index (χ3v) is 1.21. The lowest BCUT2D eigenvalue weighted by atomic mass is 10.1. The molecule has 5 nitrogen and oxygen atoms in total. The van der Waals surface area contributed by atoms with Crippen LogP contribution >= 0.6 is 0 Å². The van der Waals surface area contributed by atoms with Crippen molar-refractivity contribution in [2.24, 2.45) is 0 Å². The highest BCUT2D eigenvalue weighted by Crippen LogP contribution is 1.95. The normalized spacial score (nSPS) is 11.8. The summed E-state index contributed by atoms with van der Waals surface area (Å²) >= 11 is 0. The zero-order valence-corrected chi connectivity index (χ0v) is 6.66. The molecule has 1 unspecified atom stereocenters. The Kier molecular flexibility index (Phi) is 4.67. The maximum absolute atomic E-state index is 10.4. The van der Waals surface area contributed by atoms with Gasteiger partial charge in [-0.25, -0.2) is 4.79 Å². The minimum atomic E-state index is -1.14. The Bertz CT molecular complexity index is 190. The second-order valence-corrected chi connectivity index (χ2v) is 2.27. The van der Waals surface area contributed by atoms with Crippen LogP contribution in [0.2, 0.25) is 0 Å². The van der Waals surface area contributed by atoms with Gasteiger partial charge < -0.3 is 10.4 Å². The summed E-state index contributed by atoms with van der Waals surface area (Å²) in [5, 5.41) is 10.7. The van der Waals surface area contributed by atoms with Crippen molar-refractivity contribution in [2.45, 2.75) is 25.8 Å². The Morgan fingerprint density at radius 3 is 2.50 bits per heavy atom. The van der Waals surface area contributed by atoms with Crippen molar-refractivity contribution < 1.29 is 19.5 Å². The summed E-state index contributed by atoms with van der Waals surface area (Å²) in [6.45, 7) is 1.22. The summed E-state index contributed by atoms with van der Waals surface area (Å²) in [5.41, 5.74) is 0. The number of carbonyl (C=O) groups is 2. The Morgan fingerprint density at radius 1 is 1.58 bits per heavy atom. The van der Waals surface area contributed by atoms with E-state index < -0.39 is 17.9 Å². The maximum Gasteiger partial charge on any atom is 0.326 e. The topological polar surface area (TPSA) is 83.5 Å². The first-order valence-electron chi connectivity index (χ1n) is 3.43. The number of aliphatic carboxylic acids is 1. The lowest BCUT2D eigenvalue weighted by Crippen LogP contribution is -2.39. The smallest absolute Gasteiger partial charge is 0.326 e. The number of carboxylic acids is 1. The molecule has 0 aromatic heterocycles. The molecular formula is C7H10NO4. The van der Waals surface area contributed by atoms with E-state index in [1.54, 1.807) is 6.29 Å². The molecule has 0 aliphatic heterocycles. The molecule has 0 rings (SSSR count). The molecule has 2 N–H and O–H groups in total. The van der Waals surface area contributed by atoms with E-state index in [4.69, 9.17) is 5.11 Å². The van der Waals surface area contributed by atoms with Gasteiger partial charge in [-0.05, 0) is 6.42 Å². The summed E-state index contributed by atoms with van der Waals surface area (Å²) in [6.07, 6.45) is 1.65. The van der Waals surface area contributed by atoms with Gasteiger partial charge in [0.05, 0.1) is 0 Å². The second kappa shape index (κ2) is 5.29. The summed E-state index contributed by atoms with van der Waals surface area (Å²) in [5.74, 6) is -1.56. The van der Waals surface area contributed by atoms with Crippen molar-refractivity contribution in [3.8, 4) is 0 Å². The average Bonchev–Trinajstić information content (AvgIpc) is 1.96. The van der Waals surface area contributed by atoms with E-state index in [0.717, 1.165) is 0 Å². The quantitative estimate of drug-likeness (QED) is 0.583. The first-order valence-corrected chi connectivity index (χ1v) is 3.43.